The fourth-order valence-corrected chi connectivity index (χ4v) is 4.60. The molecule has 8 heteroatoms. The Morgan fingerprint density at radius 2 is 1.81 bits per heavy atom. The highest BCUT2D eigenvalue weighted by atomic mass is 35.5. The molecule has 1 fully saturated rings. The van der Waals surface area contributed by atoms with Gasteiger partial charge >= 0.3 is 0 Å². The fourth-order valence-electron chi connectivity index (χ4n) is 4.43. The topological polar surface area (TPSA) is 72.2 Å². The second-order valence-corrected chi connectivity index (χ2v) is 8.38. The number of rotatable bonds is 5. The maximum absolute atomic E-state index is 13.5. The van der Waals surface area contributed by atoms with Crippen LogP contribution in [0.25, 0.3) is 11.0 Å². The standard InChI is InChI=1S/C24H23ClN2O5/c1-30-17-5-2-15(3-6-17)21-20-22(28)18-14-16(25)4-7-19(18)32-23(20)24(29)27(21)9-8-26-10-12-31-13-11-26/h2-7,14,21H,8-13H2,1H3/t21-/m1/s1. The summed E-state index contributed by atoms with van der Waals surface area (Å²) in [5.41, 5.74) is 1.31. The molecular weight excluding hydrogens is 432 g/mol. The summed E-state index contributed by atoms with van der Waals surface area (Å²) in [6, 6.07) is 11.8. The number of morpholine rings is 1. The number of hydrogen-bond donors (Lipinski definition) is 0. The van der Waals surface area contributed by atoms with Crippen LogP contribution in [0.3, 0.4) is 0 Å². The normalized spacial score (nSPS) is 18.9. The molecule has 0 aliphatic carbocycles. The summed E-state index contributed by atoms with van der Waals surface area (Å²) in [6.07, 6.45) is 0. The fraction of sp³-hybridized carbons (Fsp3) is 0.333. The van der Waals surface area contributed by atoms with Crippen molar-refractivity contribution < 1.29 is 18.7 Å². The summed E-state index contributed by atoms with van der Waals surface area (Å²) >= 11 is 6.13. The summed E-state index contributed by atoms with van der Waals surface area (Å²) in [6.45, 7) is 4.17. The SMILES string of the molecule is COc1ccc([C@@H]2c3c(oc4ccc(Cl)cc4c3=O)C(=O)N2CCN2CCOCC2)cc1. The second-order valence-electron chi connectivity index (χ2n) is 7.94. The molecule has 2 aliphatic rings. The van der Waals surface area contributed by atoms with Gasteiger partial charge in [-0.2, -0.15) is 0 Å². The lowest BCUT2D eigenvalue weighted by molar-refractivity contribution is 0.0314. The molecule has 0 spiro atoms. The lowest BCUT2D eigenvalue weighted by atomic mass is 9.98. The van der Waals surface area contributed by atoms with E-state index >= 15 is 0 Å². The molecule has 2 aromatic carbocycles. The van der Waals surface area contributed by atoms with E-state index in [1.165, 1.54) is 0 Å². The van der Waals surface area contributed by atoms with Crippen LogP contribution in [0.5, 0.6) is 5.75 Å². The summed E-state index contributed by atoms with van der Waals surface area (Å²) in [7, 11) is 1.60. The molecule has 1 amide bonds. The van der Waals surface area contributed by atoms with Gasteiger partial charge in [0.25, 0.3) is 5.91 Å². The number of hydrogen-bond acceptors (Lipinski definition) is 6. The lowest BCUT2D eigenvalue weighted by Gasteiger charge is -2.31. The summed E-state index contributed by atoms with van der Waals surface area (Å²) in [5, 5.41) is 0.817. The van der Waals surface area contributed by atoms with Crippen molar-refractivity contribution in [3.05, 3.63) is 74.6 Å². The number of halogens is 1. The van der Waals surface area contributed by atoms with Gasteiger partial charge in [-0.3, -0.25) is 14.5 Å². The molecule has 166 valence electrons. The number of carbonyl (C=O) groups excluding carboxylic acids is 1. The zero-order valence-electron chi connectivity index (χ0n) is 17.7. The number of ether oxygens (including phenoxy) is 2. The van der Waals surface area contributed by atoms with E-state index in [9.17, 15) is 9.59 Å². The van der Waals surface area contributed by atoms with Crippen molar-refractivity contribution in [1.82, 2.24) is 9.80 Å². The summed E-state index contributed by atoms with van der Waals surface area (Å²) < 4.78 is 16.7. The minimum absolute atomic E-state index is 0.104. The largest absolute Gasteiger partial charge is 0.497 e. The smallest absolute Gasteiger partial charge is 0.290 e. The molecule has 0 unspecified atom stereocenters. The van der Waals surface area contributed by atoms with E-state index in [-0.39, 0.29) is 17.1 Å². The van der Waals surface area contributed by atoms with Gasteiger partial charge in [0.2, 0.25) is 5.76 Å². The lowest BCUT2D eigenvalue weighted by Crippen LogP contribution is -2.42. The third kappa shape index (κ3) is 3.66. The van der Waals surface area contributed by atoms with Gasteiger partial charge in [0, 0.05) is 31.2 Å². The van der Waals surface area contributed by atoms with Crippen molar-refractivity contribution in [3.63, 3.8) is 0 Å². The molecule has 1 atom stereocenters. The van der Waals surface area contributed by atoms with E-state index in [4.69, 9.17) is 25.5 Å². The Kier molecular flexibility index (Phi) is 5.63. The molecule has 0 bridgehead atoms. The molecule has 7 nitrogen and oxygen atoms in total. The van der Waals surface area contributed by atoms with Gasteiger partial charge in [0.1, 0.15) is 11.3 Å². The molecule has 3 aromatic rings. The van der Waals surface area contributed by atoms with E-state index in [0.29, 0.717) is 53.6 Å². The first-order valence-corrected chi connectivity index (χ1v) is 11.0. The molecule has 0 saturated carbocycles. The van der Waals surface area contributed by atoms with Crippen LogP contribution in [0.15, 0.2) is 51.7 Å². The Balaban J connectivity index is 1.60. The van der Waals surface area contributed by atoms with Crippen LogP contribution >= 0.6 is 11.6 Å². The predicted octanol–water partition coefficient (Wildman–Crippen LogP) is 3.33. The highest BCUT2D eigenvalue weighted by molar-refractivity contribution is 6.31. The van der Waals surface area contributed by atoms with Gasteiger partial charge in [-0.25, -0.2) is 0 Å². The monoisotopic (exact) mass is 454 g/mol. The third-order valence-corrected chi connectivity index (χ3v) is 6.36. The third-order valence-electron chi connectivity index (χ3n) is 6.12. The zero-order chi connectivity index (χ0) is 22.2. The number of amides is 1. The first kappa shape index (κ1) is 21.0. The Labute approximate surface area is 190 Å². The van der Waals surface area contributed by atoms with Gasteiger partial charge in [-0.05, 0) is 35.9 Å². The highest BCUT2D eigenvalue weighted by Gasteiger charge is 2.42. The van der Waals surface area contributed by atoms with E-state index in [1.54, 1.807) is 30.2 Å². The van der Waals surface area contributed by atoms with Crippen LogP contribution in [0.4, 0.5) is 0 Å². The molecule has 0 radical (unpaired) electrons. The molecule has 1 saturated heterocycles. The number of nitrogens with zero attached hydrogens (tertiary/aromatic N) is 2. The maximum Gasteiger partial charge on any atom is 0.290 e. The van der Waals surface area contributed by atoms with Crippen LogP contribution < -0.4 is 10.2 Å². The van der Waals surface area contributed by atoms with Crippen LogP contribution in [-0.2, 0) is 4.74 Å². The Hall–Kier alpha value is -2.87. The van der Waals surface area contributed by atoms with Crippen molar-refractivity contribution in [1.29, 1.82) is 0 Å². The van der Waals surface area contributed by atoms with Gasteiger partial charge < -0.3 is 18.8 Å². The predicted molar refractivity (Wildman–Crippen MR) is 121 cm³/mol. The van der Waals surface area contributed by atoms with E-state index in [1.807, 2.05) is 24.3 Å². The van der Waals surface area contributed by atoms with E-state index in [0.717, 1.165) is 18.7 Å². The van der Waals surface area contributed by atoms with Gasteiger partial charge in [0.15, 0.2) is 5.43 Å². The zero-order valence-corrected chi connectivity index (χ0v) is 18.4. The molecule has 0 N–H and O–H groups in total. The maximum atomic E-state index is 13.5. The van der Waals surface area contributed by atoms with Crippen molar-refractivity contribution in [2.45, 2.75) is 6.04 Å². The first-order valence-electron chi connectivity index (χ1n) is 10.6. The number of carbonyl (C=O) groups is 1. The molecule has 2 aliphatic heterocycles. The van der Waals surface area contributed by atoms with Crippen molar-refractivity contribution in [2.75, 3.05) is 46.5 Å². The average molecular weight is 455 g/mol. The number of benzene rings is 2. The molecule has 5 rings (SSSR count). The molecular formula is C24H23ClN2O5. The van der Waals surface area contributed by atoms with Gasteiger partial charge in [-0.15, -0.1) is 0 Å². The minimum Gasteiger partial charge on any atom is -0.497 e. The highest BCUT2D eigenvalue weighted by Crippen LogP contribution is 2.38. The van der Waals surface area contributed by atoms with Crippen molar-refractivity contribution in [3.8, 4) is 5.75 Å². The van der Waals surface area contributed by atoms with Crippen molar-refractivity contribution in [2.24, 2.45) is 0 Å². The van der Waals surface area contributed by atoms with Gasteiger partial charge in [0.05, 0.1) is 37.3 Å². The van der Waals surface area contributed by atoms with Gasteiger partial charge in [-0.1, -0.05) is 23.7 Å². The average Bonchev–Trinajstić information content (AvgIpc) is 3.10. The molecule has 3 heterocycles. The first-order chi connectivity index (χ1) is 15.6. The molecule has 32 heavy (non-hydrogen) atoms. The van der Waals surface area contributed by atoms with Crippen LogP contribution in [0, 0.1) is 0 Å². The van der Waals surface area contributed by atoms with E-state index < -0.39 is 6.04 Å². The van der Waals surface area contributed by atoms with Crippen molar-refractivity contribution >= 4 is 28.5 Å². The second kappa shape index (κ2) is 8.58. The Morgan fingerprint density at radius 3 is 2.53 bits per heavy atom. The number of methoxy groups -OCH3 is 1. The van der Waals surface area contributed by atoms with Crippen LogP contribution in [0.1, 0.15) is 27.7 Å². The van der Waals surface area contributed by atoms with E-state index in [2.05, 4.69) is 4.90 Å². The Morgan fingerprint density at radius 1 is 1.06 bits per heavy atom. The Bertz CT molecular complexity index is 1220. The minimum atomic E-state index is -0.538. The summed E-state index contributed by atoms with van der Waals surface area (Å²) in [5.74, 6) is 0.533. The number of fused-ring (bicyclic) bond motifs is 2. The van der Waals surface area contributed by atoms with Crippen LogP contribution in [-0.4, -0.2) is 62.2 Å². The van der Waals surface area contributed by atoms with Crippen LogP contribution in [0.2, 0.25) is 5.02 Å². The molecule has 1 aromatic heterocycles. The quantitative estimate of drug-likeness (QED) is 0.589. The summed E-state index contributed by atoms with van der Waals surface area (Å²) in [4.78, 5) is 31.0.